The third kappa shape index (κ3) is 4.69. The minimum Gasteiger partial charge on any atom is -0.494 e. The van der Waals surface area contributed by atoms with Crippen LogP contribution in [0.1, 0.15) is 12.5 Å². The van der Waals surface area contributed by atoms with Crippen molar-refractivity contribution in [1.82, 2.24) is 0 Å². The number of amides is 1. The van der Waals surface area contributed by atoms with Gasteiger partial charge < -0.3 is 10.1 Å². The SMILES string of the molecule is CCOc1ccc(NC(=O)Cc2ccc(Cl)cc2)c([N+](=O)[O-])c1. The van der Waals surface area contributed by atoms with Gasteiger partial charge in [-0.3, -0.25) is 14.9 Å². The summed E-state index contributed by atoms with van der Waals surface area (Å²) < 4.78 is 5.23. The molecule has 120 valence electrons. The van der Waals surface area contributed by atoms with E-state index >= 15 is 0 Å². The number of hydrogen-bond acceptors (Lipinski definition) is 4. The molecule has 0 aliphatic rings. The fourth-order valence-corrected chi connectivity index (χ4v) is 2.13. The Bertz CT molecular complexity index is 717. The molecule has 0 atom stereocenters. The largest absolute Gasteiger partial charge is 0.494 e. The van der Waals surface area contributed by atoms with Gasteiger partial charge in [0.25, 0.3) is 5.69 Å². The molecule has 0 bridgehead atoms. The van der Waals surface area contributed by atoms with Gasteiger partial charge in [-0.2, -0.15) is 0 Å². The quantitative estimate of drug-likeness (QED) is 0.643. The number of ether oxygens (including phenoxy) is 1. The molecular formula is C16H15ClN2O4. The molecule has 1 amide bonds. The Kier molecular flexibility index (Phi) is 5.54. The zero-order valence-corrected chi connectivity index (χ0v) is 13.2. The Morgan fingerprint density at radius 1 is 1.26 bits per heavy atom. The van der Waals surface area contributed by atoms with Crippen LogP contribution in [-0.4, -0.2) is 17.4 Å². The first-order valence-corrected chi connectivity index (χ1v) is 7.33. The lowest BCUT2D eigenvalue weighted by Gasteiger charge is -2.08. The van der Waals surface area contributed by atoms with Crippen LogP contribution < -0.4 is 10.1 Å². The highest BCUT2D eigenvalue weighted by Crippen LogP contribution is 2.29. The van der Waals surface area contributed by atoms with Crippen LogP contribution >= 0.6 is 11.6 Å². The maximum absolute atomic E-state index is 12.1. The number of nitro groups is 1. The summed E-state index contributed by atoms with van der Waals surface area (Å²) >= 11 is 5.79. The minimum atomic E-state index is -0.555. The standard InChI is InChI=1S/C16H15ClN2O4/c1-2-23-13-7-8-14(15(10-13)19(21)22)18-16(20)9-11-3-5-12(17)6-4-11/h3-8,10H,2,9H2,1H3,(H,18,20). The predicted molar refractivity (Wildman–Crippen MR) is 88.1 cm³/mol. The van der Waals surface area contributed by atoms with Crippen molar-refractivity contribution in [1.29, 1.82) is 0 Å². The molecule has 0 fully saturated rings. The van der Waals surface area contributed by atoms with Crippen molar-refractivity contribution in [2.45, 2.75) is 13.3 Å². The zero-order valence-electron chi connectivity index (χ0n) is 12.4. The highest BCUT2D eigenvalue weighted by atomic mass is 35.5. The Balaban J connectivity index is 2.13. The van der Waals surface area contributed by atoms with Gasteiger partial charge in [-0.1, -0.05) is 23.7 Å². The van der Waals surface area contributed by atoms with Gasteiger partial charge in [-0.25, -0.2) is 0 Å². The van der Waals surface area contributed by atoms with Gasteiger partial charge in [0, 0.05) is 5.02 Å². The molecule has 0 saturated carbocycles. The maximum Gasteiger partial charge on any atom is 0.296 e. The Morgan fingerprint density at radius 3 is 2.57 bits per heavy atom. The van der Waals surface area contributed by atoms with E-state index in [0.29, 0.717) is 17.4 Å². The molecule has 0 heterocycles. The summed E-state index contributed by atoms with van der Waals surface area (Å²) in [5.74, 6) is 0.0366. The lowest BCUT2D eigenvalue weighted by atomic mass is 10.1. The number of hydrogen-bond donors (Lipinski definition) is 1. The Labute approximate surface area is 138 Å². The number of benzene rings is 2. The molecule has 6 nitrogen and oxygen atoms in total. The smallest absolute Gasteiger partial charge is 0.296 e. The molecule has 2 rings (SSSR count). The zero-order chi connectivity index (χ0) is 16.8. The average molecular weight is 335 g/mol. The first-order chi connectivity index (χ1) is 11.0. The predicted octanol–water partition coefficient (Wildman–Crippen LogP) is 3.83. The number of rotatable bonds is 6. The van der Waals surface area contributed by atoms with Crippen molar-refractivity contribution < 1.29 is 14.5 Å². The molecule has 7 heteroatoms. The second-order valence-corrected chi connectivity index (χ2v) is 5.16. The molecule has 0 aromatic heterocycles. The van der Waals surface area contributed by atoms with Crippen LogP contribution in [0.5, 0.6) is 5.75 Å². The van der Waals surface area contributed by atoms with Crippen LogP contribution in [0.15, 0.2) is 42.5 Å². The lowest BCUT2D eigenvalue weighted by molar-refractivity contribution is -0.384. The van der Waals surface area contributed by atoms with Gasteiger partial charge in [0.15, 0.2) is 0 Å². The van der Waals surface area contributed by atoms with Crippen LogP contribution in [0.25, 0.3) is 0 Å². The van der Waals surface area contributed by atoms with Gasteiger partial charge in [0.2, 0.25) is 5.91 Å². The molecule has 23 heavy (non-hydrogen) atoms. The van der Waals surface area contributed by atoms with Crippen molar-refractivity contribution in [2.75, 3.05) is 11.9 Å². The van der Waals surface area contributed by atoms with Crippen LogP contribution in [0.2, 0.25) is 5.02 Å². The highest BCUT2D eigenvalue weighted by molar-refractivity contribution is 6.30. The third-order valence-corrected chi connectivity index (χ3v) is 3.28. The Morgan fingerprint density at radius 2 is 1.96 bits per heavy atom. The van der Waals surface area contributed by atoms with E-state index in [1.807, 2.05) is 0 Å². The number of carbonyl (C=O) groups excluding carboxylic acids is 1. The van der Waals surface area contributed by atoms with E-state index < -0.39 is 4.92 Å². The summed E-state index contributed by atoms with van der Waals surface area (Å²) in [5, 5.41) is 14.3. The first kappa shape index (κ1) is 16.8. The minimum absolute atomic E-state index is 0.0987. The van der Waals surface area contributed by atoms with E-state index in [9.17, 15) is 14.9 Å². The molecule has 0 aliphatic carbocycles. The monoisotopic (exact) mass is 334 g/mol. The molecule has 2 aromatic carbocycles. The van der Waals surface area contributed by atoms with Crippen LogP contribution in [-0.2, 0) is 11.2 Å². The number of nitro benzene ring substituents is 1. The number of halogens is 1. The second kappa shape index (κ2) is 7.60. The second-order valence-electron chi connectivity index (χ2n) is 4.72. The molecule has 0 unspecified atom stereocenters. The van der Waals surface area contributed by atoms with E-state index in [1.54, 1.807) is 37.3 Å². The van der Waals surface area contributed by atoms with E-state index in [1.165, 1.54) is 12.1 Å². The number of anilines is 1. The van der Waals surface area contributed by atoms with Crippen LogP contribution in [0.4, 0.5) is 11.4 Å². The number of nitrogens with one attached hydrogen (secondary N) is 1. The van der Waals surface area contributed by atoms with Gasteiger partial charge >= 0.3 is 0 Å². The van der Waals surface area contributed by atoms with Gasteiger partial charge in [-0.15, -0.1) is 0 Å². The average Bonchev–Trinajstić information content (AvgIpc) is 2.51. The lowest BCUT2D eigenvalue weighted by Crippen LogP contribution is -2.15. The molecule has 0 aliphatic heterocycles. The van der Waals surface area contributed by atoms with Gasteiger partial charge in [0.05, 0.1) is 24.0 Å². The molecule has 0 radical (unpaired) electrons. The molecule has 1 N–H and O–H groups in total. The van der Waals surface area contributed by atoms with Crippen molar-refractivity contribution >= 4 is 28.9 Å². The highest BCUT2D eigenvalue weighted by Gasteiger charge is 2.17. The topological polar surface area (TPSA) is 81.5 Å². The third-order valence-electron chi connectivity index (χ3n) is 3.03. The van der Waals surface area contributed by atoms with E-state index in [-0.39, 0.29) is 23.7 Å². The molecular weight excluding hydrogens is 320 g/mol. The van der Waals surface area contributed by atoms with Crippen LogP contribution in [0.3, 0.4) is 0 Å². The fourth-order valence-electron chi connectivity index (χ4n) is 2.01. The Hall–Kier alpha value is -2.60. The first-order valence-electron chi connectivity index (χ1n) is 6.95. The summed E-state index contributed by atoms with van der Waals surface area (Å²) in [6.07, 6.45) is 0.0987. The van der Waals surface area contributed by atoms with E-state index in [4.69, 9.17) is 16.3 Å². The molecule has 2 aromatic rings. The van der Waals surface area contributed by atoms with Crippen molar-refractivity contribution in [3.8, 4) is 5.75 Å². The molecule has 0 saturated heterocycles. The van der Waals surface area contributed by atoms with Crippen LogP contribution in [0, 0.1) is 10.1 Å². The van der Waals surface area contributed by atoms with E-state index in [0.717, 1.165) is 5.56 Å². The van der Waals surface area contributed by atoms with E-state index in [2.05, 4.69) is 5.32 Å². The maximum atomic E-state index is 12.1. The van der Waals surface area contributed by atoms with Gasteiger partial charge in [-0.05, 0) is 36.8 Å². The van der Waals surface area contributed by atoms with Crippen molar-refractivity contribution in [3.05, 3.63) is 63.2 Å². The van der Waals surface area contributed by atoms with Crippen molar-refractivity contribution in [3.63, 3.8) is 0 Å². The number of carbonyl (C=O) groups is 1. The molecule has 0 spiro atoms. The summed E-state index contributed by atoms with van der Waals surface area (Å²) in [6, 6.07) is 11.2. The summed E-state index contributed by atoms with van der Waals surface area (Å²) in [5.41, 5.74) is 0.693. The summed E-state index contributed by atoms with van der Waals surface area (Å²) in [4.78, 5) is 22.6. The summed E-state index contributed by atoms with van der Waals surface area (Å²) in [7, 11) is 0. The number of nitrogens with zero attached hydrogens (tertiary/aromatic N) is 1. The summed E-state index contributed by atoms with van der Waals surface area (Å²) in [6.45, 7) is 2.19. The van der Waals surface area contributed by atoms with Crippen molar-refractivity contribution in [2.24, 2.45) is 0 Å². The van der Waals surface area contributed by atoms with Gasteiger partial charge in [0.1, 0.15) is 11.4 Å². The normalized spacial score (nSPS) is 10.2. The fraction of sp³-hybridized carbons (Fsp3) is 0.188.